The van der Waals surface area contributed by atoms with Gasteiger partial charge in [0.05, 0.1) is 6.04 Å². The number of hydrogen-bond acceptors (Lipinski definition) is 10. The fraction of sp³-hybridized carbons (Fsp3) is 0.800. The molecular weight excluding hydrogens is 861 g/mol. The maximum Gasteiger partial charge on any atom is 0.243 e. The highest BCUT2D eigenvalue weighted by molar-refractivity contribution is 5.96. The molecule has 0 saturated heterocycles. The lowest BCUT2D eigenvalue weighted by atomic mass is 9.84. The van der Waals surface area contributed by atoms with E-state index < -0.39 is 71.7 Å². The van der Waals surface area contributed by atoms with Crippen molar-refractivity contribution in [1.29, 1.82) is 0 Å². The predicted molar refractivity (Wildman–Crippen MR) is 260 cm³/mol. The number of carbonyl (C=O) groups is 6. The largest absolute Gasteiger partial charge is 0.370 e. The molecule has 0 aromatic heterocycles. The Hall–Kier alpha value is -5.41. The van der Waals surface area contributed by atoms with E-state index in [1.54, 1.807) is 0 Å². The van der Waals surface area contributed by atoms with E-state index in [2.05, 4.69) is 41.6 Å². The number of primary amides is 1. The Bertz CT molecular complexity index is 1650. The van der Waals surface area contributed by atoms with Gasteiger partial charge in [0.25, 0.3) is 0 Å². The van der Waals surface area contributed by atoms with Crippen molar-refractivity contribution >= 4 is 53.3 Å². The first-order valence-electron chi connectivity index (χ1n) is 24.7. The first-order valence-corrected chi connectivity index (χ1v) is 24.7. The van der Waals surface area contributed by atoms with Gasteiger partial charge in [-0.05, 0) is 75.5 Å². The van der Waals surface area contributed by atoms with Crippen molar-refractivity contribution < 1.29 is 28.8 Å². The summed E-state index contributed by atoms with van der Waals surface area (Å²) >= 11 is 0. The molecule has 3 saturated carbocycles. The molecule has 380 valence electrons. The fourth-order valence-electron chi connectivity index (χ4n) is 9.57. The van der Waals surface area contributed by atoms with Crippen LogP contribution in [-0.2, 0) is 28.8 Å². The predicted octanol–water partition coefficient (Wildman–Crippen LogP) is -0.705. The summed E-state index contributed by atoms with van der Waals surface area (Å²) in [6.07, 6.45) is 17.3. The third-order valence-corrected chi connectivity index (χ3v) is 13.3. The summed E-state index contributed by atoms with van der Waals surface area (Å²) in [5.74, 6) is -3.43. The number of guanidine groups is 3. The summed E-state index contributed by atoms with van der Waals surface area (Å²) in [7, 11) is 0. The van der Waals surface area contributed by atoms with Gasteiger partial charge in [-0.2, -0.15) is 0 Å². The van der Waals surface area contributed by atoms with Gasteiger partial charge in [-0.15, -0.1) is 0 Å². The first-order chi connectivity index (χ1) is 32.0. The van der Waals surface area contributed by atoms with Crippen LogP contribution in [0.5, 0.6) is 0 Å². The summed E-state index contributed by atoms with van der Waals surface area (Å²) < 4.78 is 0. The molecule has 6 atom stereocenters. The van der Waals surface area contributed by atoms with Gasteiger partial charge in [0.15, 0.2) is 17.9 Å². The molecule has 0 aromatic rings. The molecule has 0 spiro atoms. The minimum Gasteiger partial charge on any atom is -0.370 e. The molecule has 3 rings (SSSR count). The molecule has 21 N–H and O–H groups in total. The standard InChI is InChI=1S/C45H84N16O6/c46-31(25-28-13-4-1-5-14-28)38(63)58-33(20-11-23-55-44(50)51)39(64)61-36(27-30-17-8-3-9-18-30)42(67)59-34(21-12-24-56-45(52)53)40(65)60-35(26-29-15-6-2-7-16-29)41(66)57-32(37(47)62)19-10-22-54-43(48)49/h28-36H,1-27,46H2,(H2,47,62)(H,57,66)(H,58,63)(H,59,67)(H,60,65)(H,61,64)(H4,48,49,54)(H4,50,51,55)(H4,52,53,56)/t31-,32-,33-,34-,35-,36-/m0/s1. The van der Waals surface area contributed by atoms with E-state index in [9.17, 15) is 28.8 Å². The summed E-state index contributed by atoms with van der Waals surface area (Å²) in [5, 5.41) is 14.3. The van der Waals surface area contributed by atoms with Crippen molar-refractivity contribution in [3.8, 4) is 0 Å². The van der Waals surface area contributed by atoms with E-state index in [-0.39, 0.29) is 75.0 Å². The molecule has 3 fully saturated rings. The van der Waals surface area contributed by atoms with Crippen LogP contribution in [0.15, 0.2) is 15.0 Å². The Labute approximate surface area is 396 Å². The van der Waals surface area contributed by atoms with Gasteiger partial charge in [0.1, 0.15) is 30.2 Å². The minimum atomic E-state index is -1.19. The summed E-state index contributed by atoms with van der Waals surface area (Å²) in [6.45, 7) is 0.582. The highest BCUT2D eigenvalue weighted by atomic mass is 16.2. The van der Waals surface area contributed by atoms with Crippen molar-refractivity contribution in [3.05, 3.63) is 0 Å². The van der Waals surface area contributed by atoms with Gasteiger partial charge < -0.3 is 72.5 Å². The zero-order chi connectivity index (χ0) is 49.1. The minimum absolute atomic E-state index is 0.0767. The van der Waals surface area contributed by atoms with E-state index in [0.717, 1.165) is 96.3 Å². The van der Waals surface area contributed by atoms with Crippen molar-refractivity contribution in [2.45, 2.75) is 190 Å². The molecule has 3 aliphatic rings. The average molecular weight is 945 g/mol. The van der Waals surface area contributed by atoms with E-state index in [0.29, 0.717) is 38.0 Å². The molecule has 0 aromatic carbocycles. The molecule has 0 bridgehead atoms. The number of nitrogens with zero attached hydrogens (tertiary/aromatic N) is 3. The number of amides is 6. The van der Waals surface area contributed by atoms with Gasteiger partial charge in [0.2, 0.25) is 35.4 Å². The van der Waals surface area contributed by atoms with Crippen LogP contribution in [0.4, 0.5) is 0 Å². The quantitative estimate of drug-likeness (QED) is 0.0251. The maximum absolute atomic E-state index is 14.6. The van der Waals surface area contributed by atoms with E-state index in [1.807, 2.05) is 0 Å². The third-order valence-electron chi connectivity index (χ3n) is 13.3. The van der Waals surface area contributed by atoms with Gasteiger partial charge in [0, 0.05) is 19.6 Å². The molecule has 22 heteroatoms. The van der Waals surface area contributed by atoms with Crippen LogP contribution in [0.1, 0.15) is 154 Å². The second kappa shape index (κ2) is 30.8. The molecule has 0 radical (unpaired) electrons. The highest BCUT2D eigenvalue weighted by Crippen LogP contribution is 2.30. The number of nitrogens with two attached hydrogens (primary N) is 8. The average Bonchev–Trinajstić information content (AvgIpc) is 3.29. The number of aliphatic imine (C=N–C) groups is 3. The first kappa shape index (κ1) is 55.9. The molecule has 67 heavy (non-hydrogen) atoms. The second-order valence-corrected chi connectivity index (χ2v) is 18.9. The Balaban J connectivity index is 1.89. The lowest BCUT2D eigenvalue weighted by Gasteiger charge is -2.31. The van der Waals surface area contributed by atoms with Gasteiger partial charge >= 0.3 is 0 Å². The molecular formula is C45H84N16O6. The molecule has 0 unspecified atom stereocenters. The Kier molecular flexibility index (Phi) is 25.7. The highest BCUT2D eigenvalue weighted by Gasteiger charge is 2.35. The lowest BCUT2D eigenvalue weighted by molar-refractivity contribution is -0.135. The monoisotopic (exact) mass is 945 g/mol. The van der Waals surface area contributed by atoms with Crippen LogP contribution in [0.3, 0.4) is 0 Å². The van der Waals surface area contributed by atoms with Crippen molar-refractivity contribution in [1.82, 2.24) is 26.6 Å². The Morgan fingerprint density at radius 3 is 1.01 bits per heavy atom. The van der Waals surface area contributed by atoms with Gasteiger partial charge in [-0.1, -0.05) is 96.3 Å². The van der Waals surface area contributed by atoms with Crippen LogP contribution < -0.4 is 72.5 Å². The number of nitrogens with one attached hydrogen (secondary N) is 5. The Morgan fingerprint density at radius 2 is 0.672 bits per heavy atom. The van der Waals surface area contributed by atoms with Crippen molar-refractivity contribution in [3.63, 3.8) is 0 Å². The van der Waals surface area contributed by atoms with E-state index in [1.165, 1.54) is 0 Å². The molecule has 6 amide bonds. The Morgan fingerprint density at radius 1 is 0.388 bits per heavy atom. The fourth-order valence-corrected chi connectivity index (χ4v) is 9.57. The molecule has 0 heterocycles. The number of rotatable bonds is 29. The second-order valence-electron chi connectivity index (χ2n) is 18.9. The number of carbonyl (C=O) groups excluding carboxylic acids is 6. The molecule has 0 aliphatic heterocycles. The van der Waals surface area contributed by atoms with Gasteiger partial charge in [-0.25, -0.2) is 0 Å². The van der Waals surface area contributed by atoms with Crippen molar-refractivity contribution in [2.75, 3.05) is 19.6 Å². The van der Waals surface area contributed by atoms with Crippen LogP contribution in [0.25, 0.3) is 0 Å². The van der Waals surface area contributed by atoms with E-state index in [4.69, 9.17) is 45.9 Å². The summed E-state index contributed by atoms with van der Waals surface area (Å²) in [5.41, 5.74) is 45.2. The zero-order valence-corrected chi connectivity index (χ0v) is 39.7. The normalized spacial score (nSPS) is 18.6. The number of hydrogen-bond donors (Lipinski definition) is 13. The third kappa shape index (κ3) is 22.8. The van der Waals surface area contributed by atoms with Crippen LogP contribution in [0, 0.1) is 17.8 Å². The van der Waals surface area contributed by atoms with Crippen LogP contribution in [-0.4, -0.2) is 109 Å². The van der Waals surface area contributed by atoms with Crippen molar-refractivity contribution in [2.24, 2.45) is 78.6 Å². The maximum atomic E-state index is 14.6. The lowest BCUT2D eigenvalue weighted by Crippen LogP contribution is -2.60. The molecule has 3 aliphatic carbocycles. The zero-order valence-electron chi connectivity index (χ0n) is 39.7. The van der Waals surface area contributed by atoms with Crippen LogP contribution >= 0.6 is 0 Å². The topological polar surface area (TPSA) is 408 Å². The molecule has 22 nitrogen and oxygen atoms in total. The van der Waals surface area contributed by atoms with Crippen LogP contribution in [0.2, 0.25) is 0 Å². The van der Waals surface area contributed by atoms with E-state index >= 15 is 0 Å². The van der Waals surface area contributed by atoms with Gasteiger partial charge in [-0.3, -0.25) is 43.7 Å². The summed E-state index contributed by atoms with van der Waals surface area (Å²) in [6, 6.07) is -6.29. The smallest absolute Gasteiger partial charge is 0.243 e. The summed E-state index contributed by atoms with van der Waals surface area (Å²) in [4.78, 5) is 95.3. The SMILES string of the molecule is NC(=O)[C@H](CCCN=C(N)N)NC(=O)[C@H](CC1CCCCC1)NC(=O)[C@H](CCCN=C(N)N)NC(=O)[C@H](CC1CCCCC1)NC(=O)[C@H](CCCN=C(N)N)NC(=O)[C@@H](N)CC1CCCCC1.